The number of carboxylic acids is 1. The number of rotatable bonds is 3. The molecule has 3 nitrogen and oxygen atoms in total. The predicted molar refractivity (Wildman–Crippen MR) is 49.0 cm³/mol. The first-order chi connectivity index (χ1) is 6.24. The monoisotopic (exact) mass is 179 g/mol. The van der Waals surface area contributed by atoms with Crippen molar-refractivity contribution >= 4 is 5.97 Å². The van der Waals surface area contributed by atoms with E-state index in [1.54, 1.807) is 6.07 Å². The van der Waals surface area contributed by atoms with Gasteiger partial charge in [0.15, 0.2) is 0 Å². The van der Waals surface area contributed by atoms with Crippen molar-refractivity contribution in [3.63, 3.8) is 0 Å². The molecular weight excluding hydrogens is 166 g/mol. The second-order valence-corrected chi connectivity index (χ2v) is 3.48. The maximum absolute atomic E-state index is 10.9. The van der Waals surface area contributed by atoms with Gasteiger partial charge in [-0.25, -0.2) is 4.79 Å². The Bertz CT molecular complexity index is 337. The molecule has 0 spiro atoms. The summed E-state index contributed by atoms with van der Waals surface area (Å²) in [5.41, 5.74) is 1.51. The third kappa shape index (κ3) is 1.34. The van der Waals surface area contributed by atoms with Gasteiger partial charge in [0.25, 0.3) is 0 Å². The van der Waals surface area contributed by atoms with E-state index in [4.69, 9.17) is 5.11 Å². The van der Waals surface area contributed by atoms with Gasteiger partial charge >= 0.3 is 5.97 Å². The maximum atomic E-state index is 10.9. The van der Waals surface area contributed by atoms with E-state index < -0.39 is 5.97 Å². The lowest BCUT2D eigenvalue weighted by Crippen LogP contribution is -2.04. The lowest BCUT2D eigenvalue weighted by molar-refractivity contribution is 0.0695. The highest BCUT2D eigenvalue weighted by atomic mass is 16.4. The zero-order valence-corrected chi connectivity index (χ0v) is 7.66. The van der Waals surface area contributed by atoms with Gasteiger partial charge in [0, 0.05) is 24.4 Å². The molecule has 1 fully saturated rings. The van der Waals surface area contributed by atoms with Crippen LogP contribution in [0.25, 0.3) is 0 Å². The molecule has 1 aromatic rings. The fourth-order valence-electron chi connectivity index (χ4n) is 1.75. The fourth-order valence-corrected chi connectivity index (χ4v) is 1.75. The Kier molecular flexibility index (Phi) is 1.87. The molecule has 2 rings (SSSR count). The first kappa shape index (κ1) is 8.35. The van der Waals surface area contributed by atoms with Gasteiger partial charge in [-0.2, -0.15) is 0 Å². The zero-order valence-electron chi connectivity index (χ0n) is 7.66. The standard InChI is InChI=1S/C10H13NO2/c1-2-11-6-5-8(10(12)13)9(11)7-3-4-7/h5-7H,2-4H2,1H3,(H,12,13). The Balaban J connectivity index is 2.44. The van der Waals surface area contributed by atoms with Crippen molar-refractivity contribution in [3.8, 4) is 0 Å². The van der Waals surface area contributed by atoms with Gasteiger partial charge in [0.2, 0.25) is 0 Å². The molecule has 0 saturated heterocycles. The van der Waals surface area contributed by atoms with E-state index in [1.165, 1.54) is 0 Å². The van der Waals surface area contributed by atoms with E-state index in [2.05, 4.69) is 0 Å². The second kappa shape index (κ2) is 2.91. The van der Waals surface area contributed by atoms with Crippen LogP contribution in [0.2, 0.25) is 0 Å². The minimum Gasteiger partial charge on any atom is -0.478 e. The van der Waals surface area contributed by atoms with E-state index in [0.29, 0.717) is 11.5 Å². The average Bonchev–Trinajstić information content (AvgIpc) is 2.84. The third-order valence-electron chi connectivity index (χ3n) is 2.54. The van der Waals surface area contributed by atoms with Gasteiger partial charge in [-0.1, -0.05) is 0 Å². The summed E-state index contributed by atoms with van der Waals surface area (Å²) in [5.74, 6) is -0.296. The van der Waals surface area contributed by atoms with Gasteiger partial charge in [-0.15, -0.1) is 0 Å². The summed E-state index contributed by atoms with van der Waals surface area (Å²) < 4.78 is 2.04. The second-order valence-electron chi connectivity index (χ2n) is 3.48. The van der Waals surface area contributed by atoms with Crippen LogP contribution >= 0.6 is 0 Å². The quantitative estimate of drug-likeness (QED) is 0.771. The molecule has 70 valence electrons. The molecule has 0 radical (unpaired) electrons. The van der Waals surface area contributed by atoms with Crippen LogP contribution in [0.5, 0.6) is 0 Å². The van der Waals surface area contributed by atoms with Crippen molar-refractivity contribution in [2.75, 3.05) is 0 Å². The molecule has 13 heavy (non-hydrogen) atoms. The summed E-state index contributed by atoms with van der Waals surface area (Å²) in [5, 5.41) is 8.94. The number of nitrogens with zero attached hydrogens (tertiary/aromatic N) is 1. The highest BCUT2D eigenvalue weighted by molar-refractivity contribution is 5.89. The Morgan fingerprint density at radius 1 is 1.69 bits per heavy atom. The smallest absolute Gasteiger partial charge is 0.337 e. The molecule has 1 aromatic heterocycles. The van der Waals surface area contributed by atoms with Crippen LogP contribution in [0.4, 0.5) is 0 Å². The molecule has 1 N–H and O–H groups in total. The van der Waals surface area contributed by atoms with Crippen molar-refractivity contribution in [2.45, 2.75) is 32.2 Å². The molecule has 0 amide bonds. The van der Waals surface area contributed by atoms with Crippen LogP contribution < -0.4 is 0 Å². The van der Waals surface area contributed by atoms with Gasteiger partial charge < -0.3 is 9.67 Å². The van der Waals surface area contributed by atoms with Crippen molar-refractivity contribution in [1.29, 1.82) is 0 Å². The number of carbonyl (C=O) groups is 1. The van der Waals surface area contributed by atoms with Crippen LogP contribution in [0.3, 0.4) is 0 Å². The first-order valence-electron chi connectivity index (χ1n) is 4.66. The number of carboxylic acid groups (broad SMARTS) is 1. The molecule has 1 aliphatic rings. The highest BCUT2D eigenvalue weighted by Crippen LogP contribution is 2.42. The van der Waals surface area contributed by atoms with E-state index in [0.717, 1.165) is 25.1 Å². The zero-order chi connectivity index (χ0) is 9.42. The van der Waals surface area contributed by atoms with E-state index >= 15 is 0 Å². The molecule has 1 heterocycles. The van der Waals surface area contributed by atoms with Crippen molar-refractivity contribution in [3.05, 3.63) is 23.5 Å². The predicted octanol–water partition coefficient (Wildman–Crippen LogP) is 2.08. The molecule has 0 bridgehead atoms. The maximum Gasteiger partial charge on any atom is 0.337 e. The molecule has 0 unspecified atom stereocenters. The largest absolute Gasteiger partial charge is 0.478 e. The number of hydrogen-bond donors (Lipinski definition) is 1. The van der Waals surface area contributed by atoms with E-state index in [-0.39, 0.29) is 0 Å². The van der Waals surface area contributed by atoms with Gasteiger partial charge in [-0.05, 0) is 25.8 Å². The lowest BCUT2D eigenvalue weighted by atomic mass is 10.2. The summed E-state index contributed by atoms with van der Waals surface area (Å²) >= 11 is 0. The minimum atomic E-state index is -0.797. The Hall–Kier alpha value is -1.25. The summed E-state index contributed by atoms with van der Waals surface area (Å²) in [4.78, 5) is 10.9. The fraction of sp³-hybridized carbons (Fsp3) is 0.500. The molecule has 3 heteroatoms. The third-order valence-corrected chi connectivity index (χ3v) is 2.54. The highest BCUT2D eigenvalue weighted by Gasteiger charge is 2.30. The van der Waals surface area contributed by atoms with Gasteiger partial charge in [-0.3, -0.25) is 0 Å². The van der Waals surface area contributed by atoms with Crippen LogP contribution in [-0.2, 0) is 6.54 Å². The Morgan fingerprint density at radius 2 is 2.38 bits per heavy atom. The number of aromatic carboxylic acids is 1. The van der Waals surface area contributed by atoms with Crippen LogP contribution in [-0.4, -0.2) is 15.6 Å². The minimum absolute atomic E-state index is 0.490. The first-order valence-corrected chi connectivity index (χ1v) is 4.66. The summed E-state index contributed by atoms with van der Waals surface area (Å²) in [6.45, 7) is 2.90. The van der Waals surface area contributed by atoms with Crippen molar-refractivity contribution in [2.24, 2.45) is 0 Å². The van der Waals surface area contributed by atoms with Gasteiger partial charge in [0.1, 0.15) is 0 Å². The van der Waals surface area contributed by atoms with Crippen LogP contribution in [0.1, 0.15) is 41.7 Å². The Labute approximate surface area is 77.0 Å². The van der Waals surface area contributed by atoms with Gasteiger partial charge in [0.05, 0.1) is 5.56 Å². The number of aryl methyl sites for hydroxylation is 1. The summed E-state index contributed by atoms with van der Waals surface area (Å²) in [7, 11) is 0. The number of aromatic nitrogens is 1. The SMILES string of the molecule is CCn1ccc(C(=O)O)c1C1CC1. The molecule has 1 saturated carbocycles. The van der Waals surface area contributed by atoms with E-state index in [1.807, 2.05) is 17.7 Å². The van der Waals surface area contributed by atoms with Crippen molar-refractivity contribution in [1.82, 2.24) is 4.57 Å². The molecular formula is C10H13NO2. The van der Waals surface area contributed by atoms with E-state index in [9.17, 15) is 4.79 Å². The topological polar surface area (TPSA) is 42.2 Å². The molecule has 0 aliphatic heterocycles. The van der Waals surface area contributed by atoms with Crippen LogP contribution in [0.15, 0.2) is 12.3 Å². The summed E-state index contributed by atoms with van der Waals surface area (Å²) in [6.07, 6.45) is 4.16. The number of hydrogen-bond acceptors (Lipinski definition) is 1. The Morgan fingerprint density at radius 3 is 2.85 bits per heavy atom. The molecule has 0 atom stereocenters. The van der Waals surface area contributed by atoms with Crippen LogP contribution in [0, 0.1) is 0 Å². The lowest BCUT2D eigenvalue weighted by Gasteiger charge is -2.05. The molecule has 1 aliphatic carbocycles. The normalized spacial score (nSPS) is 16.1. The van der Waals surface area contributed by atoms with Crippen molar-refractivity contribution < 1.29 is 9.90 Å². The molecule has 0 aromatic carbocycles. The summed E-state index contributed by atoms with van der Waals surface area (Å²) in [6, 6.07) is 1.71. The average molecular weight is 179 g/mol.